The van der Waals surface area contributed by atoms with Gasteiger partial charge in [0.1, 0.15) is 28.6 Å². The minimum Gasteiger partial charge on any atom is -1.00 e. The van der Waals surface area contributed by atoms with Crippen LogP contribution < -0.4 is 43.1 Å². The van der Waals surface area contributed by atoms with E-state index < -0.39 is 0 Å². The Morgan fingerprint density at radius 2 is 1.54 bits per heavy atom. The topological polar surface area (TPSA) is 54.0 Å². The number of carbonyl (C=O) groups is 1. The molecule has 0 amide bonds. The van der Waals surface area contributed by atoms with E-state index in [1.54, 1.807) is 32.4 Å². The molecular weight excluding hydrogens is 370 g/mol. The summed E-state index contributed by atoms with van der Waals surface area (Å²) in [5.41, 5.74) is 0.390. The number of carbonyl (C=O) groups excluding carboxylic acids is 1. The van der Waals surface area contributed by atoms with E-state index in [4.69, 9.17) is 18.9 Å². The number of rotatable bonds is 11. The van der Waals surface area contributed by atoms with Gasteiger partial charge in [-0.25, -0.2) is 0 Å². The van der Waals surface area contributed by atoms with Gasteiger partial charge in [-0.1, -0.05) is 19.9 Å². The van der Waals surface area contributed by atoms with E-state index in [0.717, 1.165) is 23.9 Å². The molecule has 0 saturated heterocycles. The Kier molecular flexibility index (Phi) is 11.1. The third-order valence-corrected chi connectivity index (χ3v) is 4.95. The Morgan fingerprint density at radius 3 is 2.11 bits per heavy atom. The van der Waals surface area contributed by atoms with Crippen molar-refractivity contribution in [2.45, 2.75) is 26.7 Å². The summed E-state index contributed by atoms with van der Waals surface area (Å²) in [7, 11) is 2.98. The molecule has 2 aromatic carbocycles. The number of ether oxygens (including phenoxy) is 4. The SMILES string of the molecule is CCCOc1ccc(PC(=O)c2c(OC)cccc2OC)c(OCCC)c1.[H-].[Li+]. The maximum Gasteiger partial charge on any atom is 1.00 e. The van der Waals surface area contributed by atoms with Crippen molar-refractivity contribution in [3.63, 3.8) is 0 Å². The molecule has 0 saturated carbocycles. The van der Waals surface area contributed by atoms with Crippen molar-refractivity contribution in [2.75, 3.05) is 27.4 Å². The van der Waals surface area contributed by atoms with Gasteiger partial charge < -0.3 is 20.4 Å². The minimum absolute atomic E-state index is 0. The fourth-order valence-corrected chi connectivity index (χ4v) is 3.56. The molecule has 0 bridgehead atoms. The van der Waals surface area contributed by atoms with Gasteiger partial charge in [-0.3, -0.25) is 4.79 Å². The molecule has 0 radical (unpaired) electrons. The smallest absolute Gasteiger partial charge is 1.00 e. The fourth-order valence-electron chi connectivity index (χ4n) is 2.51. The van der Waals surface area contributed by atoms with E-state index in [9.17, 15) is 4.79 Å². The Balaban J connectivity index is 0.00000392. The molecule has 0 spiro atoms. The molecular formula is C21H28LiO5P. The first-order valence-electron chi connectivity index (χ1n) is 9.06. The Bertz CT molecular complexity index is 750. The normalized spacial score (nSPS) is 10.4. The van der Waals surface area contributed by atoms with Gasteiger partial charge in [0.15, 0.2) is 5.52 Å². The molecule has 7 heteroatoms. The summed E-state index contributed by atoms with van der Waals surface area (Å²) in [6.45, 7) is 5.33. The third-order valence-electron chi connectivity index (χ3n) is 3.79. The van der Waals surface area contributed by atoms with Gasteiger partial charge in [-0.2, -0.15) is 0 Å². The largest absolute Gasteiger partial charge is 1.00 e. The molecule has 5 nitrogen and oxygen atoms in total. The molecule has 2 rings (SSSR count). The predicted octanol–water partition coefficient (Wildman–Crippen LogP) is 1.54. The zero-order valence-corrected chi connectivity index (χ0v) is 18.3. The van der Waals surface area contributed by atoms with Crippen LogP contribution in [0.4, 0.5) is 0 Å². The molecule has 0 heterocycles. The number of methoxy groups -OCH3 is 2. The van der Waals surface area contributed by atoms with Crippen LogP contribution >= 0.6 is 8.58 Å². The van der Waals surface area contributed by atoms with Crippen molar-refractivity contribution < 1.29 is 44.0 Å². The van der Waals surface area contributed by atoms with Crippen molar-refractivity contribution in [3.05, 3.63) is 42.0 Å². The zero-order chi connectivity index (χ0) is 19.6. The van der Waals surface area contributed by atoms with Gasteiger partial charge in [0.05, 0.1) is 27.4 Å². The van der Waals surface area contributed by atoms with Crippen LogP contribution in [0.3, 0.4) is 0 Å². The van der Waals surface area contributed by atoms with Crippen LogP contribution in [0.25, 0.3) is 0 Å². The van der Waals surface area contributed by atoms with Gasteiger partial charge >= 0.3 is 18.9 Å². The maximum atomic E-state index is 13.0. The van der Waals surface area contributed by atoms with E-state index in [1.807, 2.05) is 25.1 Å². The Hall–Kier alpha value is -1.66. The summed E-state index contributed by atoms with van der Waals surface area (Å²) in [5, 5.41) is 0.838. The number of hydrogen-bond acceptors (Lipinski definition) is 5. The minimum atomic E-state index is -0.116. The van der Waals surface area contributed by atoms with E-state index in [-0.39, 0.29) is 34.4 Å². The molecule has 0 aliphatic rings. The summed E-state index contributed by atoms with van der Waals surface area (Å²) < 4.78 is 22.3. The third kappa shape index (κ3) is 6.45. The maximum absolute atomic E-state index is 13.0. The molecule has 2 aromatic rings. The summed E-state index contributed by atoms with van der Waals surface area (Å²) >= 11 is 0. The Morgan fingerprint density at radius 1 is 0.929 bits per heavy atom. The summed E-state index contributed by atoms with van der Waals surface area (Å²) in [6, 6.07) is 11.0. The van der Waals surface area contributed by atoms with Crippen LogP contribution in [0.1, 0.15) is 38.5 Å². The van der Waals surface area contributed by atoms with Crippen LogP contribution in [0.2, 0.25) is 0 Å². The summed E-state index contributed by atoms with van der Waals surface area (Å²) in [5.74, 6) is 2.45. The van der Waals surface area contributed by atoms with Crippen LogP contribution in [0.15, 0.2) is 36.4 Å². The Labute approximate surface area is 182 Å². The number of hydrogen-bond donors (Lipinski definition) is 0. The van der Waals surface area contributed by atoms with E-state index in [0.29, 0.717) is 36.0 Å². The van der Waals surface area contributed by atoms with E-state index in [1.165, 1.54) is 0 Å². The van der Waals surface area contributed by atoms with Gasteiger partial charge in [0, 0.05) is 11.4 Å². The van der Waals surface area contributed by atoms with E-state index >= 15 is 0 Å². The molecule has 0 aliphatic heterocycles. The molecule has 1 atom stereocenters. The van der Waals surface area contributed by atoms with Crippen molar-refractivity contribution in [3.8, 4) is 23.0 Å². The summed E-state index contributed by atoms with van der Waals surface area (Å²) in [4.78, 5) is 13.0. The second kappa shape index (κ2) is 12.7. The first-order valence-corrected chi connectivity index (χ1v) is 10.1. The quantitative estimate of drug-likeness (QED) is 0.425. The zero-order valence-electron chi connectivity index (χ0n) is 18.3. The first-order chi connectivity index (χ1) is 13.1. The monoisotopic (exact) mass is 398 g/mol. The standard InChI is InChI=1S/C21H27O5P.Li.H/c1-5-12-25-15-10-11-19(18(14-15)26-13-6-2)27-21(22)20-16(23-3)8-7-9-17(20)24-4;;/h7-11,14,27H,5-6,12-13H2,1-4H3;;/q;+1;-1. The average Bonchev–Trinajstić information content (AvgIpc) is 2.70. The van der Waals surface area contributed by atoms with Gasteiger partial charge in [0.2, 0.25) is 0 Å². The van der Waals surface area contributed by atoms with Gasteiger partial charge in [0.25, 0.3) is 0 Å². The van der Waals surface area contributed by atoms with Crippen molar-refractivity contribution in [2.24, 2.45) is 0 Å². The van der Waals surface area contributed by atoms with E-state index in [2.05, 4.69) is 6.92 Å². The molecule has 0 N–H and O–H groups in total. The molecule has 0 aromatic heterocycles. The molecule has 148 valence electrons. The van der Waals surface area contributed by atoms with Crippen LogP contribution in [0, 0.1) is 0 Å². The summed E-state index contributed by atoms with van der Waals surface area (Å²) in [6.07, 6.45) is 1.82. The van der Waals surface area contributed by atoms with Crippen molar-refractivity contribution in [1.82, 2.24) is 0 Å². The number of benzene rings is 2. The predicted molar refractivity (Wildman–Crippen MR) is 111 cm³/mol. The second-order valence-electron chi connectivity index (χ2n) is 5.85. The van der Waals surface area contributed by atoms with Crippen molar-refractivity contribution in [1.29, 1.82) is 0 Å². The van der Waals surface area contributed by atoms with Crippen molar-refractivity contribution >= 4 is 19.4 Å². The van der Waals surface area contributed by atoms with Crippen LogP contribution in [-0.2, 0) is 0 Å². The van der Waals surface area contributed by atoms with Gasteiger partial charge in [-0.15, -0.1) is 0 Å². The average molecular weight is 398 g/mol. The second-order valence-corrected chi connectivity index (χ2v) is 7.09. The fraction of sp³-hybridized carbons (Fsp3) is 0.381. The van der Waals surface area contributed by atoms with Crippen LogP contribution in [-0.4, -0.2) is 33.0 Å². The molecule has 0 aliphatic carbocycles. The van der Waals surface area contributed by atoms with Gasteiger partial charge in [-0.05, 0) is 45.7 Å². The molecule has 0 fully saturated rings. The molecule has 1 unspecified atom stereocenters. The first kappa shape index (κ1) is 24.4. The van der Waals surface area contributed by atoms with Crippen LogP contribution in [0.5, 0.6) is 23.0 Å². The molecule has 28 heavy (non-hydrogen) atoms.